The van der Waals surface area contributed by atoms with Gasteiger partial charge in [-0.15, -0.1) is 0 Å². The van der Waals surface area contributed by atoms with E-state index in [0.717, 1.165) is 30.6 Å². The fourth-order valence-electron chi connectivity index (χ4n) is 3.78. The lowest BCUT2D eigenvalue weighted by Crippen LogP contribution is -2.50. The molecule has 0 radical (unpaired) electrons. The molecule has 2 aromatic carbocycles. The van der Waals surface area contributed by atoms with Crippen molar-refractivity contribution >= 4 is 29.1 Å². The molecule has 0 spiro atoms. The lowest BCUT2D eigenvalue weighted by atomic mass is 10.0. The Morgan fingerprint density at radius 3 is 2.92 bits per heavy atom. The molecule has 2 aromatic rings. The number of carbonyl (C=O) groups excluding carboxylic acids is 2. The molecule has 0 unspecified atom stereocenters. The number of anilines is 1. The summed E-state index contributed by atoms with van der Waals surface area (Å²) in [7, 11) is 1.99. The number of hydrogen-bond donors (Lipinski definition) is 1. The molecule has 2 heterocycles. The van der Waals surface area contributed by atoms with Crippen molar-refractivity contribution in [1.29, 1.82) is 0 Å². The average Bonchev–Trinajstić information content (AvgIpc) is 3.14. The maximum atomic E-state index is 12.7. The van der Waals surface area contributed by atoms with Gasteiger partial charge in [-0.05, 0) is 48.7 Å². The molecule has 0 aromatic heterocycles. The molecule has 1 N–H and O–H groups in total. The third-order valence-electron chi connectivity index (χ3n) is 5.14. The van der Waals surface area contributed by atoms with Crippen LogP contribution in [0.2, 0.25) is 5.02 Å². The Balaban J connectivity index is 1.54. The molecule has 0 saturated carbocycles. The van der Waals surface area contributed by atoms with Gasteiger partial charge in [-0.25, -0.2) is 0 Å². The van der Waals surface area contributed by atoms with Gasteiger partial charge in [0.05, 0.1) is 11.3 Å². The number of amides is 2. The number of hydrogen-bond acceptors (Lipinski definition) is 3. The predicted octanol–water partition coefficient (Wildman–Crippen LogP) is 3.28. The van der Waals surface area contributed by atoms with Gasteiger partial charge in [0, 0.05) is 30.7 Å². The molecule has 1 atom stereocenters. The minimum atomic E-state index is -0.164. The fraction of sp³-hybridized carbons (Fsp3) is 0.300. The summed E-state index contributed by atoms with van der Waals surface area (Å²) in [4.78, 5) is 29.2. The van der Waals surface area contributed by atoms with Crippen LogP contribution in [-0.2, 0) is 6.54 Å². The van der Waals surface area contributed by atoms with Gasteiger partial charge in [0.1, 0.15) is 6.17 Å². The standard InChI is InChI=1S/C20H20ClN3O2/c1-23-17-11-14(19(25)22-12-13-4-2-5-15(21)10-13)7-8-16(17)20(26)24-9-3-6-18(23)24/h2,4-5,7-8,10-11,18H,3,6,9,12H2,1H3,(H,22,25)/t18-/m0/s1. The quantitative estimate of drug-likeness (QED) is 0.903. The van der Waals surface area contributed by atoms with Crippen LogP contribution in [0.5, 0.6) is 0 Å². The number of nitrogens with one attached hydrogen (secondary N) is 1. The first-order valence-electron chi connectivity index (χ1n) is 8.75. The van der Waals surface area contributed by atoms with Crippen molar-refractivity contribution in [3.05, 3.63) is 64.2 Å². The van der Waals surface area contributed by atoms with Gasteiger partial charge in [-0.3, -0.25) is 9.59 Å². The van der Waals surface area contributed by atoms with Gasteiger partial charge in [0.2, 0.25) is 0 Å². The summed E-state index contributed by atoms with van der Waals surface area (Å²) in [6, 6.07) is 12.7. The highest BCUT2D eigenvalue weighted by atomic mass is 35.5. The average molecular weight is 370 g/mol. The summed E-state index contributed by atoms with van der Waals surface area (Å²) in [5.74, 6) is -0.103. The molecule has 0 aliphatic carbocycles. The number of benzene rings is 2. The van der Waals surface area contributed by atoms with Crippen LogP contribution in [0.1, 0.15) is 39.1 Å². The number of fused-ring (bicyclic) bond motifs is 2. The summed E-state index contributed by atoms with van der Waals surface area (Å²) in [5.41, 5.74) is 2.99. The minimum Gasteiger partial charge on any atom is -0.354 e. The van der Waals surface area contributed by atoms with E-state index in [0.29, 0.717) is 22.7 Å². The van der Waals surface area contributed by atoms with Crippen LogP contribution >= 0.6 is 11.6 Å². The Labute approximate surface area is 157 Å². The van der Waals surface area contributed by atoms with E-state index in [4.69, 9.17) is 11.6 Å². The molecule has 0 bridgehead atoms. The number of rotatable bonds is 3. The maximum absolute atomic E-state index is 12.7. The van der Waals surface area contributed by atoms with Gasteiger partial charge in [0.15, 0.2) is 0 Å². The molecule has 5 nitrogen and oxygen atoms in total. The van der Waals surface area contributed by atoms with Crippen molar-refractivity contribution in [3.8, 4) is 0 Å². The topological polar surface area (TPSA) is 52.7 Å². The molecule has 6 heteroatoms. The Kier molecular flexibility index (Phi) is 4.32. The van der Waals surface area contributed by atoms with Gasteiger partial charge >= 0.3 is 0 Å². The second-order valence-corrected chi connectivity index (χ2v) is 7.21. The van der Waals surface area contributed by atoms with Crippen LogP contribution in [0.3, 0.4) is 0 Å². The lowest BCUT2D eigenvalue weighted by molar-refractivity contribution is 0.0719. The lowest BCUT2D eigenvalue weighted by Gasteiger charge is -2.40. The Morgan fingerprint density at radius 2 is 2.12 bits per heavy atom. The second kappa shape index (κ2) is 6.65. The van der Waals surface area contributed by atoms with Crippen molar-refractivity contribution in [2.45, 2.75) is 25.6 Å². The molecule has 26 heavy (non-hydrogen) atoms. The van der Waals surface area contributed by atoms with Crippen molar-refractivity contribution in [3.63, 3.8) is 0 Å². The van der Waals surface area contributed by atoms with Crippen LogP contribution in [0.25, 0.3) is 0 Å². The molecule has 2 aliphatic heterocycles. The molecule has 2 aliphatic rings. The zero-order valence-electron chi connectivity index (χ0n) is 14.5. The van der Waals surface area contributed by atoms with Crippen LogP contribution in [0, 0.1) is 0 Å². The first-order valence-corrected chi connectivity index (χ1v) is 9.13. The van der Waals surface area contributed by atoms with Crippen molar-refractivity contribution in [2.24, 2.45) is 0 Å². The van der Waals surface area contributed by atoms with Gasteiger partial charge in [-0.1, -0.05) is 23.7 Å². The second-order valence-electron chi connectivity index (χ2n) is 6.78. The molecule has 1 fully saturated rings. The highest BCUT2D eigenvalue weighted by Gasteiger charge is 2.38. The van der Waals surface area contributed by atoms with E-state index in [1.165, 1.54) is 0 Å². The van der Waals surface area contributed by atoms with Crippen LogP contribution in [-0.4, -0.2) is 36.5 Å². The monoisotopic (exact) mass is 369 g/mol. The normalized spacial score (nSPS) is 18.5. The summed E-state index contributed by atoms with van der Waals surface area (Å²) < 4.78 is 0. The molecule has 1 saturated heterocycles. The van der Waals surface area contributed by atoms with Crippen molar-refractivity contribution in [1.82, 2.24) is 10.2 Å². The smallest absolute Gasteiger partial charge is 0.257 e. The van der Waals surface area contributed by atoms with Crippen molar-refractivity contribution in [2.75, 3.05) is 18.5 Å². The highest BCUT2D eigenvalue weighted by molar-refractivity contribution is 6.30. The van der Waals surface area contributed by atoms with E-state index < -0.39 is 0 Å². The van der Waals surface area contributed by atoms with Crippen LogP contribution in [0.4, 0.5) is 5.69 Å². The van der Waals surface area contributed by atoms with E-state index >= 15 is 0 Å². The Hall–Kier alpha value is -2.53. The first-order chi connectivity index (χ1) is 12.5. The predicted molar refractivity (Wildman–Crippen MR) is 102 cm³/mol. The molecular formula is C20H20ClN3O2. The summed E-state index contributed by atoms with van der Waals surface area (Å²) in [5, 5.41) is 3.56. The Bertz CT molecular complexity index is 883. The molecular weight excluding hydrogens is 350 g/mol. The SMILES string of the molecule is CN1c2cc(C(=O)NCc3cccc(Cl)c3)ccc2C(=O)N2CCC[C@H]21. The molecule has 4 rings (SSSR count). The molecule has 2 amide bonds. The van der Waals surface area contributed by atoms with Crippen LogP contribution < -0.4 is 10.2 Å². The maximum Gasteiger partial charge on any atom is 0.257 e. The fourth-order valence-corrected chi connectivity index (χ4v) is 3.99. The third-order valence-corrected chi connectivity index (χ3v) is 5.38. The van der Waals surface area contributed by atoms with E-state index in [1.807, 2.05) is 36.2 Å². The zero-order chi connectivity index (χ0) is 18.3. The van der Waals surface area contributed by atoms with E-state index in [9.17, 15) is 9.59 Å². The van der Waals surface area contributed by atoms with Gasteiger partial charge in [-0.2, -0.15) is 0 Å². The van der Waals surface area contributed by atoms with E-state index in [1.54, 1.807) is 18.2 Å². The van der Waals surface area contributed by atoms with E-state index in [-0.39, 0.29) is 18.0 Å². The van der Waals surface area contributed by atoms with E-state index in [2.05, 4.69) is 10.2 Å². The number of halogens is 1. The van der Waals surface area contributed by atoms with Crippen LogP contribution in [0.15, 0.2) is 42.5 Å². The summed E-state index contributed by atoms with van der Waals surface area (Å²) >= 11 is 5.98. The number of carbonyl (C=O) groups is 2. The molecule has 134 valence electrons. The van der Waals surface area contributed by atoms with Gasteiger partial charge in [0.25, 0.3) is 11.8 Å². The zero-order valence-corrected chi connectivity index (χ0v) is 15.3. The van der Waals surface area contributed by atoms with Gasteiger partial charge < -0.3 is 15.1 Å². The highest BCUT2D eigenvalue weighted by Crippen LogP contribution is 2.35. The Morgan fingerprint density at radius 1 is 1.27 bits per heavy atom. The largest absolute Gasteiger partial charge is 0.354 e. The first kappa shape index (κ1) is 16.9. The third kappa shape index (κ3) is 2.92. The van der Waals surface area contributed by atoms with Crippen molar-refractivity contribution < 1.29 is 9.59 Å². The summed E-state index contributed by atoms with van der Waals surface area (Å²) in [6.45, 7) is 1.21. The minimum absolute atomic E-state index is 0.0616. The summed E-state index contributed by atoms with van der Waals surface area (Å²) in [6.07, 6.45) is 2.08. The number of nitrogens with zero attached hydrogens (tertiary/aromatic N) is 2.